The van der Waals surface area contributed by atoms with E-state index < -0.39 is 0 Å². The number of aliphatic hydroxyl groups is 1. The Kier molecular flexibility index (Phi) is 3.05. The van der Waals surface area contributed by atoms with Crippen LogP contribution in [0.25, 0.3) is 0 Å². The molecule has 0 bridgehead atoms. The maximum absolute atomic E-state index is 10.7. The van der Waals surface area contributed by atoms with Gasteiger partial charge in [-0.15, -0.1) is 0 Å². The lowest BCUT2D eigenvalue weighted by atomic mass is 10.2. The molecule has 0 saturated heterocycles. The predicted molar refractivity (Wildman–Crippen MR) is 47.0 cm³/mol. The molecule has 0 spiro atoms. The van der Waals surface area contributed by atoms with Crippen molar-refractivity contribution >= 4 is 0 Å². The molecule has 3 nitrogen and oxygen atoms in total. The second-order valence-corrected chi connectivity index (χ2v) is 3.02. The van der Waals surface area contributed by atoms with E-state index in [1.165, 1.54) is 12.1 Å². The third-order valence-electron chi connectivity index (χ3n) is 1.69. The second kappa shape index (κ2) is 4.07. The fraction of sp³-hybridized carbons (Fsp3) is 0.444. The van der Waals surface area contributed by atoms with Crippen molar-refractivity contribution in [3.05, 3.63) is 34.7 Å². The Bertz CT molecular complexity index is 272. The first kappa shape index (κ1) is 9.00. The standard InChI is InChI=1S/C9H13NO2/c1-8(7-11)6-10-4-2-9(12)3-5-10/h2-5,8,11H,6-7H2,1H3. The summed E-state index contributed by atoms with van der Waals surface area (Å²) in [6, 6.07) is 3.04. The van der Waals surface area contributed by atoms with Crippen molar-refractivity contribution in [2.24, 2.45) is 5.92 Å². The van der Waals surface area contributed by atoms with E-state index in [4.69, 9.17) is 5.11 Å². The molecule has 0 radical (unpaired) electrons. The minimum absolute atomic E-state index is 0.0166. The summed E-state index contributed by atoms with van der Waals surface area (Å²) in [7, 11) is 0. The highest BCUT2D eigenvalue weighted by Crippen LogP contribution is 1.97. The molecule has 0 fully saturated rings. The molecular weight excluding hydrogens is 154 g/mol. The highest BCUT2D eigenvalue weighted by Gasteiger charge is 1.98. The molecule has 1 heterocycles. The number of pyridine rings is 1. The Labute approximate surface area is 71.3 Å². The topological polar surface area (TPSA) is 42.2 Å². The van der Waals surface area contributed by atoms with Crippen LogP contribution in [0.15, 0.2) is 29.3 Å². The Morgan fingerprint density at radius 3 is 2.58 bits per heavy atom. The van der Waals surface area contributed by atoms with Gasteiger partial charge in [-0.05, 0) is 5.92 Å². The summed E-state index contributed by atoms with van der Waals surface area (Å²) >= 11 is 0. The zero-order valence-corrected chi connectivity index (χ0v) is 7.10. The van der Waals surface area contributed by atoms with Gasteiger partial charge in [-0.25, -0.2) is 0 Å². The molecule has 1 unspecified atom stereocenters. The van der Waals surface area contributed by atoms with Crippen molar-refractivity contribution in [3.63, 3.8) is 0 Å². The highest BCUT2D eigenvalue weighted by atomic mass is 16.3. The SMILES string of the molecule is CC(CO)Cn1ccc(=O)cc1. The minimum Gasteiger partial charge on any atom is -0.396 e. The van der Waals surface area contributed by atoms with Crippen molar-refractivity contribution in [2.75, 3.05) is 6.61 Å². The van der Waals surface area contributed by atoms with Crippen molar-refractivity contribution < 1.29 is 5.11 Å². The summed E-state index contributed by atoms with van der Waals surface area (Å²) in [4.78, 5) is 10.7. The van der Waals surface area contributed by atoms with Crippen LogP contribution in [0.2, 0.25) is 0 Å². The summed E-state index contributed by atoms with van der Waals surface area (Å²) in [6.07, 6.45) is 3.46. The maximum atomic E-state index is 10.7. The van der Waals surface area contributed by atoms with E-state index in [2.05, 4.69) is 0 Å². The number of hydrogen-bond acceptors (Lipinski definition) is 2. The smallest absolute Gasteiger partial charge is 0.181 e. The molecule has 1 rings (SSSR count). The van der Waals surface area contributed by atoms with E-state index in [0.29, 0.717) is 0 Å². The van der Waals surface area contributed by atoms with E-state index in [0.717, 1.165) is 6.54 Å². The van der Waals surface area contributed by atoms with Gasteiger partial charge < -0.3 is 9.67 Å². The average Bonchev–Trinajstić information content (AvgIpc) is 2.09. The number of hydrogen-bond donors (Lipinski definition) is 1. The van der Waals surface area contributed by atoms with E-state index in [-0.39, 0.29) is 18.0 Å². The molecule has 66 valence electrons. The Balaban J connectivity index is 2.64. The molecular formula is C9H13NO2. The largest absolute Gasteiger partial charge is 0.396 e. The van der Waals surface area contributed by atoms with Gasteiger partial charge in [0.25, 0.3) is 0 Å². The Hall–Kier alpha value is -1.09. The number of nitrogens with zero attached hydrogens (tertiary/aromatic N) is 1. The number of rotatable bonds is 3. The summed E-state index contributed by atoms with van der Waals surface area (Å²) in [5.41, 5.74) is 0.0166. The molecule has 0 aliphatic rings. The summed E-state index contributed by atoms with van der Waals surface area (Å²) in [6.45, 7) is 2.88. The van der Waals surface area contributed by atoms with Gasteiger partial charge >= 0.3 is 0 Å². The van der Waals surface area contributed by atoms with Crippen molar-refractivity contribution in [1.82, 2.24) is 4.57 Å². The molecule has 0 aliphatic carbocycles. The Morgan fingerprint density at radius 2 is 2.08 bits per heavy atom. The molecule has 1 atom stereocenters. The summed E-state index contributed by atoms with van der Waals surface area (Å²) in [5.74, 6) is 0.229. The Morgan fingerprint density at radius 1 is 1.50 bits per heavy atom. The van der Waals surface area contributed by atoms with Crippen LogP contribution in [0.3, 0.4) is 0 Å². The lowest BCUT2D eigenvalue weighted by Gasteiger charge is -2.09. The normalized spacial score (nSPS) is 12.8. The van der Waals surface area contributed by atoms with Crippen LogP contribution in [-0.2, 0) is 6.54 Å². The average molecular weight is 167 g/mol. The monoisotopic (exact) mass is 167 g/mol. The minimum atomic E-state index is 0.0166. The van der Waals surface area contributed by atoms with Gasteiger partial charge in [-0.3, -0.25) is 4.79 Å². The fourth-order valence-corrected chi connectivity index (χ4v) is 0.983. The van der Waals surface area contributed by atoms with Crippen LogP contribution in [0.4, 0.5) is 0 Å². The van der Waals surface area contributed by atoms with Gasteiger partial charge in [-0.2, -0.15) is 0 Å². The van der Waals surface area contributed by atoms with Gasteiger partial charge in [0.1, 0.15) is 0 Å². The highest BCUT2D eigenvalue weighted by molar-refractivity contribution is 4.93. The number of aromatic nitrogens is 1. The predicted octanol–water partition coefficient (Wildman–Crippen LogP) is 0.477. The molecule has 1 aromatic heterocycles. The third kappa shape index (κ3) is 2.51. The van der Waals surface area contributed by atoms with Crippen molar-refractivity contribution in [2.45, 2.75) is 13.5 Å². The quantitative estimate of drug-likeness (QED) is 0.711. The molecule has 12 heavy (non-hydrogen) atoms. The van der Waals surface area contributed by atoms with Crippen LogP contribution in [0.1, 0.15) is 6.92 Å². The number of aliphatic hydroxyl groups excluding tert-OH is 1. The first-order valence-electron chi connectivity index (χ1n) is 3.99. The van der Waals surface area contributed by atoms with E-state index >= 15 is 0 Å². The molecule has 1 aromatic rings. The lowest BCUT2D eigenvalue weighted by Crippen LogP contribution is -2.12. The van der Waals surface area contributed by atoms with E-state index in [9.17, 15) is 4.79 Å². The summed E-state index contributed by atoms with van der Waals surface area (Å²) < 4.78 is 1.89. The fourth-order valence-electron chi connectivity index (χ4n) is 0.983. The molecule has 0 amide bonds. The van der Waals surface area contributed by atoms with Gasteiger partial charge in [0.05, 0.1) is 0 Å². The molecule has 3 heteroatoms. The van der Waals surface area contributed by atoms with Crippen LogP contribution in [0, 0.1) is 5.92 Å². The molecule has 1 N–H and O–H groups in total. The zero-order chi connectivity index (χ0) is 8.97. The van der Waals surface area contributed by atoms with Gasteiger partial charge in [0, 0.05) is 37.7 Å². The van der Waals surface area contributed by atoms with Crippen LogP contribution >= 0.6 is 0 Å². The van der Waals surface area contributed by atoms with Crippen LogP contribution in [0.5, 0.6) is 0 Å². The lowest BCUT2D eigenvalue weighted by molar-refractivity contribution is 0.223. The maximum Gasteiger partial charge on any atom is 0.181 e. The third-order valence-corrected chi connectivity index (χ3v) is 1.69. The first-order valence-corrected chi connectivity index (χ1v) is 3.99. The van der Waals surface area contributed by atoms with Gasteiger partial charge in [-0.1, -0.05) is 6.92 Å². The molecule has 0 aromatic carbocycles. The molecule has 0 saturated carbocycles. The van der Waals surface area contributed by atoms with Gasteiger partial charge in [0.15, 0.2) is 5.43 Å². The van der Waals surface area contributed by atoms with E-state index in [1.807, 2.05) is 11.5 Å². The second-order valence-electron chi connectivity index (χ2n) is 3.02. The molecule has 0 aliphatic heterocycles. The summed E-state index contributed by atoms with van der Waals surface area (Å²) in [5, 5.41) is 8.78. The zero-order valence-electron chi connectivity index (χ0n) is 7.10. The van der Waals surface area contributed by atoms with Crippen LogP contribution < -0.4 is 5.43 Å². The first-order chi connectivity index (χ1) is 5.72. The van der Waals surface area contributed by atoms with E-state index in [1.54, 1.807) is 12.4 Å². The van der Waals surface area contributed by atoms with Gasteiger partial charge in [0.2, 0.25) is 0 Å². The van der Waals surface area contributed by atoms with Crippen LogP contribution in [-0.4, -0.2) is 16.3 Å². The van der Waals surface area contributed by atoms with Crippen molar-refractivity contribution in [1.29, 1.82) is 0 Å². The van der Waals surface area contributed by atoms with Crippen molar-refractivity contribution in [3.8, 4) is 0 Å².